The lowest BCUT2D eigenvalue weighted by Crippen LogP contribution is -2.36. The third-order valence-electron chi connectivity index (χ3n) is 2.52. The van der Waals surface area contributed by atoms with E-state index in [0.717, 1.165) is 0 Å². The summed E-state index contributed by atoms with van der Waals surface area (Å²) in [5.74, 6) is -0.615. The Balaban J connectivity index is 2.72. The van der Waals surface area contributed by atoms with E-state index in [1.165, 1.54) is 18.3 Å². The number of hydrogen-bond acceptors (Lipinski definition) is 4. The molecule has 0 aliphatic rings. The molecule has 0 saturated carbocycles. The van der Waals surface area contributed by atoms with Gasteiger partial charge in [0.05, 0.1) is 0 Å². The smallest absolute Gasteiger partial charge is 0.272 e. The normalized spacial score (nSPS) is 11.5. The number of nitrogens with one attached hydrogen (secondary N) is 1. The highest BCUT2D eigenvalue weighted by Crippen LogP contribution is 2.16. The summed E-state index contributed by atoms with van der Waals surface area (Å²) in [4.78, 5) is 15.7. The number of alkyl halides is 2. The lowest BCUT2D eigenvalue weighted by Gasteiger charge is -2.22. The number of rotatable bonds is 7. The van der Waals surface area contributed by atoms with Crippen molar-refractivity contribution in [2.75, 3.05) is 19.8 Å². The molecule has 0 saturated heterocycles. The predicted octanol–water partition coefficient (Wildman–Crippen LogP) is 1.47. The molecule has 0 aliphatic carbocycles. The minimum absolute atomic E-state index is 0.0851. The molecule has 1 aromatic heterocycles. The minimum Gasteiger partial charge on any atom is -0.471 e. The lowest BCUT2D eigenvalue weighted by molar-refractivity contribution is 0.0767. The van der Waals surface area contributed by atoms with Gasteiger partial charge in [0.1, 0.15) is 5.56 Å². The first kappa shape index (κ1) is 16.3. The van der Waals surface area contributed by atoms with Crippen molar-refractivity contribution in [2.24, 2.45) is 5.41 Å². The van der Waals surface area contributed by atoms with Crippen LogP contribution >= 0.6 is 0 Å². The van der Waals surface area contributed by atoms with E-state index in [1.54, 1.807) is 13.8 Å². The Kier molecular flexibility index (Phi) is 5.82. The molecule has 0 bridgehead atoms. The molecular weight excluding hydrogens is 270 g/mol. The van der Waals surface area contributed by atoms with Gasteiger partial charge in [0.25, 0.3) is 12.3 Å². The molecule has 7 heteroatoms. The van der Waals surface area contributed by atoms with E-state index in [0.29, 0.717) is 0 Å². The highest BCUT2D eigenvalue weighted by molar-refractivity contribution is 5.96. The van der Waals surface area contributed by atoms with Gasteiger partial charge in [-0.05, 0) is 12.1 Å². The topological polar surface area (TPSA) is 71.5 Å². The standard InChI is InChI=1S/C13H18F2N2O3/c1-13(2,8-18)7-17-11(19)9-4-3-5-16-12(9)20-6-10(14)15/h3-5,10,18H,6-8H2,1-2H3,(H,17,19). The van der Waals surface area contributed by atoms with Crippen LogP contribution in [0.15, 0.2) is 18.3 Å². The van der Waals surface area contributed by atoms with E-state index in [2.05, 4.69) is 10.3 Å². The van der Waals surface area contributed by atoms with Crippen LogP contribution in [0.3, 0.4) is 0 Å². The van der Waals surface area contributed by atoms with Crippen LogP contribution in [-0.2, 0) is 0 Å². The average molecular weight is 288 g/mol. The number of aliphatic hydroxyl groups excluding tert-OH is 1. The molecule has 20 heavy (non-hydrogen) atoms. The van der Waals surface area contributed by atoms with E-state index >= 15 is 0 Å². The first-order valence-electron chi connectivity index (χ1n) is 6.11. The lowest BCUT2D eigenvalue weighted by atomic mass is 9.95. The summed E-state index contributed by atoms with van der Waals surface area (Å²) in [6, 6.07) is 2.95. The number of ether oxygens (including phenoxy) is 1. The number of halogens is 2. The highest BCUT2D eigenvalue weighted by Gasteiger charge is 2.20. The zero-order valence-electron chi connectivity index (χ0n) is 11.4. The van der Waals surface area contributed by atoms with Crippen molar-refractivity contribution >= 4 is 5.91 Å². The van der Waals surface area contributed by atoms with Gasteiger partial charge >= 0.3 is 0 Å². The molecule has 1 aromatic rings. The Labute approximate surface area is 116 Å². The fourth-order valence-corrected chi connectivity index (χ4v) is 1.29. The number of aromatic nitrogens is 1. The van der Waals surface area contributed by atoms with Crippen molar-refractivity contribution in [1.29, 1.82) is 0 Å². The molecule has 0 unspecified atom stereocenters. The Morgan fingerprint density at radius 3 is 2.85 bits per heavy atom. The Morgan fingerprint density at radius 2 is 2.25 bits per heavy atom. The molecule has 1 amide bonds. The molecule has 1 rings (SSSR count). The van der Waals surface area contributed by atoms with Crippen LogP contribution < -0.4 is 10.1 Å². The summed E-state index contributed by atoms with van der Waals surface area (Å²) in [6.07, 6.45) is -1.28. The summed E-state index contributed by atoms with van der Waals surface area (Å²) in [7, 11) is 0. The molecule has 0 radical (unpaired) electrons. The van der Waals surface area contributed by atoms with Crippen LogP contribution in [0.2, 0.25) is 0 Å². The van der Waals surface area contributed by atoms with Crippen molar-refractivity contribution in [2.45, 2.75) is 20.3 Å². The van der Waals surface area contributed by atoms with Crippen molar-refractivity contribution in [3.8, 4) is 5.88 Å². The fourth-order valence-electron chi connectivity index (χ4n) is 1.29. The first-order chi connectivity index (χ1) is 9.35. The van der Waals surface area contributed by atoms with Gasteiger partial charge in [-0.15, -0.1) is 0 Å². The molecule has 0 spiro atoms. The maximum Gasteiger partial charge on any atom is 0.272 e. The van der Waals surface area contributed by atoms with Gasteiger partial charge in [-0.25, -0.2) is 13.8 Å². The number of amides is 1. The van der Waals surface area contributed by atoms with Crippen LogP contribution in [0.1, 0.15) is 24.2 Å². The summed E-state index contributed by atoms with van der Waals surface area (Å²) in [5.41, 5.74) is -0.385. The predicted molar refractivity (Wildman–Crippen MR) is 68.9 cm³/mol. The second kappa shape index (κ2) is 7.14. The van der Waals surface area contributed by atoms with Gasteiger partial charge < -0.3 is 15.2 Å². The van der Waals surface area contributed by atoms with Crippen molar-refractivity contribution < 1.29 is 23.4 Å². The number of aliphatic hydroxyl groups is 1. The van der Waals surface area contributed by atoms with E-state index < -0.39 is 24.4 Å². The van der Waals surface area contributed by atoms with Crippen molar-refractivity contribution in [1.82, 2.24) is 10.3 Å². The highest BCUT2D eigenvalue weighted by atomic mass is 19.3. The third kappa shape index (κ3) is 5.08. The quantitative estimate of drug-likeness (QED) is 0.797. The van der Waals surface area contributed by atoms with Crippen LogP contribution in [0.25, 0.3) is 0 Å². The van der Waals surface area contributed by atoms with Crippen LogP contribution in [0.5, 0.6) is 5.88 Å². The molecule has 1 heterocycles. The Morgan fingerprint density at radius 1 is 1.55 bits per heavy atom. The van der Waals surface area contributed by atoms with Crippen LogP contribution in [0.4, 0.5) is 8.78 Å². The third-order valence-corrected chi connectivity index (χ3v) is 2.52. The number of carbonyl (C=O) groups excluding carboxylic acids is 1. The van der Waals surface area contributed by atoms with E-state index in [1.807, 2.05) is 0 Å². The Bertz CT molecular complexity index is 453. The maximum absolute atomic E-state index is 12.1. The fraction of sp³-hybridized carbons (Fsp3) is 0.538. The summed E-state index contributed by atoms with van der Waals surface area (Å²) < 4.78 is 29.1. The zero-order valence-corrected chi connectivity index (χ0v) is 11.4. The van der Waals surface area contributed by atoms with Crippen molar-refractivity contribution in [3.05, 3.63) is 23.9 Å². The molecule has 5 nitrogen and oxygen atoms in total. The number of carbonyl (C=O) groups is 1. The molecule has 0 aliphatic heterocycles. The van der Waals surface area contributed by atoms with Gasteiger partial charge in [0, 0.05) is 24.8 Å². The summed E-state index contributed by atoms with van der Waals surface area (Å²) in [6.45, 7) is 2.90. The number of nitrogens with zero attached hydrogens (tertiary/aromatic N) is 1. The van der Waals surface area contributed by atoms with Gasteiger partial charge in [-0.1, -0.05) is 13.8 Å². The Hall–Kier alpha value is -1.76. The van der Waals surface area contributed by atoms with Gasteiger partial charge in [-0.3, -0.25) is 4.79 Å². The van der Waals surface area contributed by atoms with Gasteiger partial charge in [0.15, 0.2) is 6.61 Å². The largest absolute Gasteiger partial charge is 0.471 e. The SMILES string of the molecule is CC(C)(CO)CNC(=O)c1cccnc1OCC(F)F. The molecule has 112 valence electrons. The van der Waals surface area contributed by atoms with Gasteiger partial charge in [-0.2, -0.15) is 0 Å². The molecule has 2 N–H and O–H groups in total. The van der Waals surface area contributed by atoms with Crippen molar-refractivity contribution in [3.63, 3.8) is 0 Å². The van der Waals surface area contributed by atoms with E-state index in [4.69, 9.17) is 9.84 Å². The maximum atomic E-state index is 12.1. The minimum atomic E-state index is -2.64. The molecule has 0 aromatic carbocycles. The first-order valence-corrected chi connectivity index (χ1v) is 6.11. The average Bonchev–Trinajstić information content (AvgIpc) is 2.43. The molecular formula is C13H18F2N2O3. The summed E-state index contributed by atoms with van der Waals surface area (Å²) >= 11 is 0. The number of pyridine rings is 1. The second-order valence-corrected chi connectivity index (χ2v) is 5.06. The van der Waals surface area contributed by atoms with E-state index in [-0.39, 0.29) is 24.6 Å². The summed E-state index contributed by atoms with van der Waals surface area (Å²) in [5, 5.41) is 11.7. The zero-order chi connectivity index (χ0) is 15.2. The van der Waals surface area contributed by atoms with Crippen LogP contribution in [0, 0.1) is 5.41 Å². The van der Waals surface area contributed by atoms with E-state index in [9.17, 15) is 13.6 Å². The molecule has 0 fully saturated rings. The number of hydrogen-bond donors (Lipinski definition) is 2. The monoisotopic (exact) mass is 288 g/mol. The van der Waals surface area contributed by atoms with Crippen LogP contribution in [-0.4, -0.2) is 42.2 Å². The second-order valence-electron chi connectivity index (χ2n) is 5.06. The van der Waals surface area contributed by atoms with Gasteiger partial charge in [0.2, 0.25) is 5.88 Å². The molecule has 0 atom stereocenters.